The lowest BCUT2D eigenvalue weighted by Crippen LogP contribution is -2.41. The van der Waals surface area contributed by atoms with Crippen LogP contribution >= 0.6 is 0 Å². The van der Waals surface area contributed by atoms with Crippen LogP contribution in [0.3, 0.4) is 0 Å². The highest BCUT2D eigenvalue weighted by Gasteiger charge is 2.33. The van der Waals surface area contributed by atoms with Gasteiger partial charge < -0.3 is 20.5 Å². The van der Waals surface area contributed by atoms with Crippen molar-refractivity contribution >= 4 is 11.7 Å². The van der Waals surface area contributed by atoms with Gasteiger partial charge in [0.25, 0.3) is 0 Å². The third-order valence-electron chi connectivity index (χ3n) is 3.65. The molecule has 128 valence electrons. The zero-order chi connectivity index (χ0) is 17.0. The fraction of sp³-hybridized carbons (Fsp3) is 0.500. The van der Waals surface area contributed by atoms with Crippen molar-refractivity contribution in [3.63, 3.8) is 0 Å². The molecule has 0 radical (unpaired) electrons. The van der Waals surface area contributed by atoms with E-state index in [9.17, 15) is 27.5 Å². The molecular formula is C14H16F4N2O3. The van der Waals surface area contributed by atoms with Crippen molar-refractivity contribution < 1.29 is 32.2 Å². The Morgan fingerprint density at radius 2 is 2.00 bits per heavy atom. The minimum atomic E-state index is -3.29. The molecule has 0 bridgehead atoms. The fourth-order valence-electron chi connectivity index (χ4n) is 2.22. The van der Waals surface area contributed by atoms with Gasteiger partial charge in [-0.15, -0.1) is 0 Å². The normalized spacial score (nSPS) is 15.9. The zero-order valence-electron chi connectivity index (χ0n) is 12.0. The largest absolute Gasteiger partial charge is 0.432 e. The Kier molecular flexibility index (Phi) is 5.30. The minimum absolute atomic E-state index is 0.166. The van der Waals surface area contributed by atoms with E-state index in [2.05, 4.69) is 15.4 Å². The van der Waals surface area contributed by atoms with Crippen LogP contribution in [0.4, 0.5) is 28.0 Å². The molecule has 9 heteroatoms. The second kappa shape index (κ2) is 7.03. The molecular weight excluding hydrogens is 320 g/mol. The van der Waals surface area contributed by atoms with E-state index in [4.69, 9.17) is 0 Å². The number of aliphatic hydroxyl groups is 1. The maximum atomic E-state index is 13.6. The standard InChI is InChI=1S/C14H16F4N2O3/c15-8-7-11(23-12(17)18)9(16)6-10(8)20-13(21)19-5-4-14(22)2-1-3-14/h6-7,12,22H,1-5H2,(H2,19,20,21). The van der Waals surface area contributed by atoms with Crippen molar-refractivity contribution in [3.8, 4) is 5.75 Å². The number of anilines is 1. The van der Waals surface area contributed by atoms with Crippen LogP contribution in [-0.2, 0) is 0 Å². The number of hydrogen-bond donors (Lipinski definition) is 3. The summed E-state index contributed by atoms with van der Waals surface area (Å²) in [7, 11) is 0. The van der Waals surface area contributed by atoms with Crippen molar-refractivity contribution in [2.75, 3.05) is 11.9 Å². The van der Waals surface area contributed by atoms with Gasteiger partial charge in [-0.3, -0.25) is 0 Å². The Labute approximate surface area is 129 Å². The van der Waals surface area contributed by atoms with Crippen LogP contribution in [0, 0.1) is 11.6 Å². The number of nitrogens with one attached hydrogen (secondary N) is 2. The van der Waals surface area contributed by atoms with Crippen LogP contribution in [0.5, 0.6) is 5.75 Å². The van der Waals surface area contributed by atoms with E-state index in [1.165, 1.54) is 0 Å². The van der Waals surface area contributed by atoms with Crippen molar-refractivity contribution in [3.05, 3.63) is 23.8 Å². The van der Waals surface area contributed by atoms with E-state index in [0.717, 1.165) is 6.42 Å². The van der Waals surface area contributed by atoms with Crippen molar-refractivity contribution in [1.29, 1.82) is 0 Å². The summed E-state index contributed by atoms with van der Waals surface area (Å²) < 4.78 is 54.9. The highest BCUT2D eigenvalue weighted by molar-refractivity contribution is 5.89. The van der Waals surface area contributed by atoms with Crippen molar-refractivity contribution in [1.82, 2.24) is 5.32 Å². The van der Waals surface area contributed by atoms with Crippen LogP contribution in [0.25, 0.3) is 0 Å². The zero-order valence-corrected chi connectivity index (χ0v) is 12.0. The summed E-state index contributed by atoms with van der Waals surface area (Å²) in [5, 5.41) is 14.3. The highest BCUT2D eigenvalue weighted by atomic mass is 19.3. The smallest absolute Gasteiger partial charge is 0.387 e. The van der Waals surface area contributed by atoms with Gasteiger partial charge in [-0.25, -0.2) is 13.6 Å². The number of carbonyl (C=O) groups is 1. The van der Waals surface area contributed by atoms with E-state index in [1.807, 2.05) is 0 Å². The molecule has 23 heavy (non-hydrogen) atoms. The van der Waals surface area contributed by atoms with Gasteiger partial charge in [-0.1, -0.05) is 0 Å². The van der Waals surface area contributed by atoms with E-state index >= 15 is 0 Å². The number of benzene rings is 1. The number of carbonyl (C=O) groups excluding carboxylic acids is 1. The average molecular weight is 336 g/mol. The molecule has 1 fully saturated rings. The quantitative estimate of drug-likeness (QED) is 0.700. The molecule has 0 aromatic heterocycles. The summed E-state index contributed by atoms with van der Waals surface area (Å²) in [5.74, 6) is -3.30. The van der Waals surface area contributed by atoms with E-state index < -0.39 is 41.3 Å². The SMILES string of the molecule is O=C(NCCC1(O)CCC1)Nc1cc(F)c(OC(F)F)cc1F. The molecule has 1 aromatic rings. The molecule has 1 aliphatic carbocycles. The predicted octanol–water partition coefficient (Wildman–Crippen LogP) is 2.99. The Morgan fingerprint density at radius 1 is 1.30 bits per heavy atom. The number of rotatable bonds is 6. The maximum Gasteiger partial charge on any atom is 0.387 e. The van der Waals surface area contributed by atoms with Gasteiger partial charge in [0.15, 0.2) is 17.4 Å². The molecule has 0 atom stereocenters. The topological polar surface area (TPSA) is 70.6 Å². The second-order valence-corrected chi connectivity index (χ2v) is 5.35. The Hall–Kier alpha value is -2.03. The molecule has 2 amide bonds. The van der Waals surface area contributed by atoms with Gasteiger partial charge in [0.2, 0.25) is 0 Å². The first-order valence-electron chi connectivity index (χ1n) is 7.00. The van der Waals surface area contributed by atoms with Gasteiger partial charge in [0.05, 0.1) is 11.3 Å². The third-order valence-corrected chi connectivity index (χ3v) is 3.65. The third kappa shape index (κ3) is 4.72. The predicted molar refractivity (Wildman–Crippen MR) is 73.4 cm³/mol. The van der Waals surface area contributed by atoms with Gasteiger partial charge in [-0.05, 0) is 25.7 Å². The number of halogens is 4. The molecule has 3 N–H and O–H groups in total. The molecule has 0 heterocycles. The number of urea groups is 1. The average Bonchev–Trinajstić information content (AvgIpc) is 2.42. The van der Waals surface area contributed by atoms with Gasteiger partial charge in [-0.2, -0.15) is 8.78 Å². The van der Waals surface area contributed by atoms with Crippen molar-refractivity contribution in [2.45, 2.75) is 37.9 Å². The first-order chi connectivity index (χ1) is 10.8. The maximum absolute atomic E-state index is 13.6. The molecule has 0 unspecified atom stereocenters. The summed E-state index contributed by atoms with van der Waals surface area (Å²) in [5.41, 5.74) is -1.28. The van der Waals surface area contributed by atoms with Crippen molar-refractivity contribution in [2.24, 2.45) is 0 Å². The van der Waals surface area contributed by atoms with Crippen LogP contribution < -0.4 is 15.4 Å². The summed E-state index contributed by atoms with van der Waals surface area (Å²) in [4.78, 5) is 11.6. The molecule has 1 aromatic carbocycles. The molecule has 1 saturated carbocycles. The Morgan fingerprint density at radius 3 is 2.57 bits per heavy atom. The van der Waals surface area contributed by atoms with Crippen LogP contribution in [-0.4, -0.2) is 29.9 Å². The molecule has 0 spiro atoms. The molecule has 1 aliphatic rings. The lowest BCUT2D eigenvalue weighted by atomic mass is 9.78. The van der Waals surface area contributed by atoms with Crippen LogP contribution in [0.15, 0.2) is 12.1 Å². The lowest BCUT2D eigenvalue weighted by molar-refractivity contribution is -0.0523. The first kappa shape index (κ1) is 17.3. The second-order valence-electron chi connectivity index (χ2n) is 5.35. The van der Waals surface area contributed by atoms with E-state index in [1.54, 1.807) is 0 Å². The van der Waals surface area contributed by atoms with E-state index in [-0.39, 0.29) is 6.54 Å². The summed E-state index contributed by atoms with van der Waals surface area (Å²) >= 11 is 0. The Balaban J connectivity index is 1.88. The number of amides is 2. The van der Waals surface area contributed by atoms with Gasteiger partial charge >= 0.3 is 12.6 Å². The summed E-state index contributed by atoms with van der Waals surface area (Å²) in [6.45, 7) is -3.12. The molecule has 0 saturated heterocycles. The number of hydrogen-bond acceptors (Lipinski definition) is 3. The monoisotopic (exact) mass is 336 g/mol. The van der Waals surface area contributed by atoms with E-state index in [0.29, 0.717) is 31.4 Å². The van der Waals surface area contributed by atoms with Gasteiger partial charge in [0.1, 0.15) is 0 Å². The Bertz CT molecular complexity index is 579. The number of ether oxygens (including phenoxy) is 1. The summed E-state index contributed by atoms with van der Waals surface area (Å²) in [6, 6.07) is 0.175. The fourth-order valence-corrected chi connectivity index (χ4v) is 2.22. The van der Waals surface area contributed by atoms with Crippen LogP contribution in [0.2, 0.25) is 0 Å². The first-order valence-corrected chi connectivity index (χ1v) is 7.00. The summed E-state index contributed by atoms with van der Waals surface area (Å²) in [6.07, 6.45) is 2.63. The lowest BCUT2D eigenvalue weighted by Gasteiger charge is -2.36. The highest BCUT2D eigenvalue weighted by Crippen LogP contribution is 2.34. The van der Waals surface area contributed by atoms with Gasteiger partial charge in [0, 0.05) is 18.7 Å². The molecule has 0 aliphatic heterocycles. The van der Waals surface area contributed by atoms with Crippen LogP contribution in [0.1, 0.15) is 25.7 Å². The molecule has 5 nitrogen and oxygen atoms in total. The minimum Gasteiger partial charge on any atom is -0.432 e. The number of alkyl halides is 2. The molecule has 2 rings (SSSR count).